The number of nitrogens with two attached hydrogens (primary N) is 1. The van der Waals surface area contributed by atoms with Crippen molar-refractivity contribution in [2.75, 3.05) is 6.54 Å². The molecule has 0 spiro atoms. The van der Waals surface area contributed by atoms with Crippen LogP contribution in [0, 0.1) is 5.92 Å². The van der Waals surface area contributed by atoms with Crippen LogP contribution >= 0.6 is 0 Å². The summed E-state index contributed by atoms with van der Waals surface area (Å²) in [5, 5.41) is 10.4. The number of furan rings is 1. The number of rotatable bonds is 6. The molecule has 3 unspecified atom stereocenters. The third-order valence-corrected chi connectivity index (χ3v) is 4.62. The van der Waals surface area contributed by atoms with E-state index in [1.165, 1.54) is 6.26 Å². The summed E-state index contributed by atoms with van der Waals surface area (Å²) in [5.74, 6) is 0.494. The number of hydrogen-bond donors (Lipinski definition) is 2. The van der Waals surface area contributed by atoms with Gasteiger partial charge in [-0.1, -0.05) is 30.3 Å². The number of hydrogen-bond acceptors (Lipinski definition) is 4. The SMILES string of the molecule is NC1CCC(C(=O)N(Cc2ccccc2)CC(O)c2ccco2)C1. The highest BCUT2D eigenvalue weighted by molar-refractivity contribution is 5.79. The Kier molecular flexibility index (Phi) is 5.33. The van der Waals surface area contributed by atoms with E-state index in [4.69, 9.17) is 10.2 Å². The Hall–Kier alpha value is -2.11. The molecule has 1 aromatic heterocycles. The first kappa shape index (κ1) is 16.7. The zero-order chi connectivity index (χ0) is 16.9. The lowest BCUT2D eigenvalue weighted by Crippen LogP contribution is -2.38. The molecular formula is C19H24N2O3. The van der Waals surface area contributed by atoms with Crippen molar-refractivity contribution in [2.45, 2.75) is 38.0 Å². The molecule has 1 heterocycles. The minimum absolute atomic E-state index is 0.0486. The molecule has 3 rings (SSSR count). The van der Waals surface area contributed by atoms with Gasteiger partial charge in [0.1, 0.15) is 11.9 Å². The molecule has 0 aliphatic heterocycles. The molecule has 0 radical (unpaired) electrons. The highest BCUT2D eigenvalue weighted by atomic mass is 16.4. The van der Waals surface area contributed by atoms with Gasteiger partial charge in [-0.15, -0.1) is 0 Å². The summed E-state index contributed by atoms with van der Waals surface area (Å²) in [4.78, 5) is 14.7. The van der Waals surface area contributed by atoms with E-state index in [1.807, 2.05) is 30.3 Å². The Labute approximate surface area is 142 Å². The predicted octanol–water partition coefficient (Wildman–Crippen LogP) is 2.47. The maximum absolute atomic E-state index is 12.9. The van der Waals surface area contributed by atoms with E-state index in [0.29, 0.717) is 12.3 Å². The van der Waals surface area contributed by atoms with Crippen molar-refractivity contribution in [1.29, 1.82) is 0 Å². The Morgan fingerprint density at radius 1 is 1.25 bits per heavy atom. The smallest absolute Gasteiger partial charge is 0.226 e. The Morgan fingerprint density at radius 2 is 2.04 bits per heavy atom. The molecule has 1 aromatic carbocycles. The third-order valence-electron chi connectivity index (χ3n) is 4.62. The standard InChI is InChI=1S/C19H24N2O3/c20-16-9-8-15(11-16)19(23)21(12-14-5-2-1-3-6-14)13-17(22)18-7-4-10-24-18/h1-7,10,15-17,22H,8-9,11-13,20H2. The van der Waals surface area contributed by atoms with Crippen LogP contribution in [-0.2, 0) is 11.3 Å². The maximum Gasteiger partial charge on any atom is 0.226 e. The molecule has 128 valence electrons. The van der Waals surface area contributed by atoms with Crippen LogP contribution in [0.25, 0.3) is 0 Å². The van der Waals surface area contributed by atoms with E-state index in [9.17, 15) is 9.90 Å². The zero-order valence-corrected chi connectivity index (χ0v) is 13.7. The fourth-order valence-electron chi connectivity index (χ4n) is 3.31. The van der Waals surface area contributed by atoms with Crippen LogP contribution in [-0.4, -0.2) is 28.5 Å². The fourth-order valence-corrected chi connectivity index (χ4v) is 3.31. The summed E-state index contributed by atoms with van der Waals surface area (Å²) in [7, 11) is 0. The van der Waals surface area contributed by atoms with Gasteiger partial charge in [0.25, 0.3) is 0 Å². The quantitative estimate of drug-likeness (QED) is 0.854. The molecule has 1 aliphatic carbocycles. The van der Waals surface area contributed by atoms with Gasteiger partial charge in [0.2, 0.25) is 5.91 Å². The van der Waals surface area contributed by atoms with Crippen LogP contribution in [0.4, 0.5) is 0 Å². The molecular weight excluding hydrogens is 304 g/mol. The lowest BCUT2D eigenvalue weighted by molar-refractivity contribution is -0.137. The number of aliphatic hydroxyl groups excluding tert-OH is 1. The maximum atomic E-state index is 12.9. The first-order valence-corrected chi connectivity index (χ1v) is 8.43. The van der Waals surface area contributed by atoms with Crippen LogP contribution in [0.2, 0.25) is 0 Å². The average molecular weight is 328 g/mol. The van der Waals surface area contributed by atoms with Crippen LogP contribution < -0.4 is 5.73 Å². The summed E-state index contributed by atoms with van der Waals surface area (Å²) in [6.45, 7) is 0.691. The summed E-state index contributed by atoms with van der Waals surface area (Å²) in [6.07, 6.45) is 3.12. The second kappa shape index (κ2) is 7.64. The van der Waals surface area contributed by atoms with Gasteiger partial charge < -0.3 is 20.2 Å². The summed E-state index contributed by atoms with van der Waals surface area (Å²) >= 11 is 0. The zero-order valence-electron chi connectivity index (χ0n) is 13.7. The third kappa shape index (κ3) is 4.04. The average Bonchev–Trinajstić information content (AvgIpc) is 3.26. The topological polar surface area (TPSA) is 79.7 Å². The number of amides is 1. The molecule has 1 aliphatic rings. The largest absolute Gasteiger partial charge is 0.467 e. The van der Waals surface area contributed by atoms with Crippen LogP contribution in [0.3, 0.4) is 0 Å². The minimum Gasteiger partial charge on any atom is -0.467 e. The molecule has 3 N–H and O–H groups in total. The second-order valence-corrected chi connectivity index (χ2v) is 6.51. The molecule has 2 aromatic rings. The van der Waals surface area contributed by atoms with E-state index < -0.39 is 6.10 Å². The lowest BCUT2D eigenvalue weighted by Gasteiger charge is -2.27. The van der Waals surface area contributed by atoms with Gasteiger partial charge in [0, 0.05) is 18.5 Å². The van der Waals surface area contributed by atoms with Gasteiger partial charge in [-0.05, 0) is 37.0 Å². The van der Waals surface area contributed by atoms with E-state index in [2.05, 4.69) is 0 Å². The molecule has 1 saturated carbocycles. The summed E-state index contributed by atoms with van der Waals surface area (Å²) in [5.41, 5.74) is 7.00. The molecule has 1 amide bonds. The first-order valence-electron chi connectivity index (χ1n) is 8.43. The fraction of sp³-hybridized carbons (Fsp3) is 0.421. The van der Waals surface area contributed by atoms with Crippen molar-refractivity contribution in [3.63, 3.8) is 0 Å². The number of carbonyl (C=O) groups excluding carboxylic acids is 1. The molecule has 3 atom stereocenters. The first-order chi connectivity index (χ1) is 11.6. The number of benzene rings is 1. The van der Waals surface area contributed by atoms with Gasteiger partial charge in [-0.3, -0.25) is 4.79 Å². The summed E-state index contributed by atoms with van der Waals surface area (Å²) in [6, 6.07) is 13.4. The number of carbonyl (C=O) groups is 1. The minimum atomic E-state index is -0.831. The normalized spacial score (nSPS) is 21.6. The molecule has 0 saturated heterocycles. The molecule has 24 heavy (non-hydrogen) atoms. The molecule has 5 nitrogen and oxygen atoms in total. The summed E-state index contributed by atoms with van der Waals surface area (Å²) < 4.78 is 5.26. The molecule has 1 fully saturated rings. The second-order valence-electron chi connectivity index (χ2n) is 6.51. The van der Waals surface area contributed by atoms with Gasteiger partial charge in [0.05, 0.1) is 12.8 Å². The van der Waals surface area contributed by atoms with E-state index in [-0.39, 0.29) is 24.4 Å². The van der Waals surface area contributed by atoms with Crippen molar-refractivity contribution >= 4 is 5.91 Å². The van der Waals surface area contributed by atoms with Crippen molar-refractivity contribution in [2.24, 2.45) is 11.7 Å². The van der Waals surface area contributed by atoms with Crippen molar-refractivity contribution in [3.8, 4) is 0 Å². The van der Waals surface area contributed by atoms with Gasteiger partial charge >= 0.3 is 0 Å². The van der Waals surface area contributed by atoms with E-state index >= 15 is 0 Å². The van der Waals surface area contributed by atoms with Crippen LogP contribution in [0.1, 0.15) is 36.7 Å². The van der Waals surface area contributed by atoms with Crippen molar-refractivity contribution in [3.05, 3.63) is 60.1 Å². The number of aliphatic hydroxyl groups is 1. The van der Waals surface area contributed by atoms with E-state index in [0.717, 1.165) is 24.8 Å². The molecule has 0 bridgehead atoms. The monoisotopic (exact) mass is 328 g/mol. The number of nitrogens with zero attached hydrogens (tertiary/aromatic N) is 1. The highest BCUT2D eigenvalue weighted by Gasteiger charge is 2.32. The highest BCUT2D eigenvalue weighted by Crippen LogP contribution is 2.27. The van der Waals surface area contributed by atoms with Gasteiger partial charge in [0.15, 0.2) is 0 Å². The van der Waals surface area contributed by atoms with Crippen molar-refractivity contribution < 1.29 is 14.3 Å². The van der Waals surface area contributed by atoms with E-state index in [1.54, 1.807) is 17.0 Å². The van der Waals surface area contributed by atoms with Crippen LogP contribution in [0.5, 0.6) is 0 Å². The van der Waals surface area contributed by atoms with Crippen LogP contribution in [0.15, 0.2) is 53.1 Å². The lowest BCUT2D eigenvalue weighted by atomic mass is 10.0. The Bertz CT molecular complexity index is 642. The Morgan fingerprint density at radius 3 is 2.67 bits per heavy atom. The van der Waals surface area contributed by atoms with Gasteiger partial charge in [-0.25, -0.2) is 0 Å². The predicted molar refractivity (Wildman–Crippen MR) is 90.8 cm³/mol. The molecule has 5 heteroatoms. The van der Waals surface area contributed by atoms with Crippen molar-refractivity contribution in [1.82, 2.24) is 4.90 Å². The Balaban J connectivity index is 1.73. The van der Waals surface area contributed by atoms with Gasteiger partial charge in [-0.2, -0.15) is 0 Å².